The van der Waals surface area contributed by atoms with E-state index < -0.39 is 0 Å². The smallest absolute Gasteiger partial charge is 0.300 e. The molecule has 0 bridgehead atoms. The minimum atomic E-state index is -0.139. The summed E-state index contributed by atoms with van der Waals surface area (Å²) >= 11 is 0. The maximum Gasteiger partial charge on any atom is 0.328 e. The fraction of sp³-hybridized carbons (Fsp3) is 0.375. The van der Waals surface area contributed by atoms with Gasteiger partial charge in [0, 0.05) is 24.5 Å². The number of hydrogen-bond donors (Lipinski definition) is 0. The number of ketones is 1. The first-order valence-electron chi connectivity index (χ1n) is 6.91. The van der Waals surface area contributed by atoms with E-state index in [1.807, 2.05) is 31.2 Å². The molecule has 4 nitrogen and oxygen atoms in total. The Hall–Kier alpha value is -2.10. The van der Waals surface area contributed by atoms with Crippen LogP contribution >= 0.6 is 0 Å². The van der Waals surface area contributed by atoms with Gasteiger partial charge in [-0.1, -0.05) is 38.1 Å². The van der Waals surface area contributed by atoms with Gasteiger partial charge in [-0.15, -0.1) is 0 Å². The molecule has 4 heteroatoms. The number of hydrogen-bond acceptors (Lipinski definition) is 2. The first-order valence-corrected chi connectivity index (χ1v) is 6.91. The van der Waals surface area contributed by atoms with Crippen molar-refractivity contribution in [1.82, 2.24) is 9.13 Å². The molecule has 0 aliphatic rings. The summed E-state index contributed by atoms with van der Waals surface area (Å²) in [7, 11) is 0. The van der Waals surface area contributed by atoms with Crippen LogP contribution < -0.4 is 5.69 Å². The standard InChI is InChI=1S/C16H20N2O2/c1-4-17-9-10-18(16(17)20)11-15(19)14-7-5-13(6-8-14)12(2)3/h5-10,12H,4,11H2,1-3H3. The lowest BCUT2D eigenvalue weighted by Crippen LogP contribution is -2.26. The fourth-order valence-corrected chi connectivity index (χ4v) is 2.11. The molecule has 0 fully saturated rings. The Morgan fingerprint density at radius 2 is 1.70 bits per heavy atom. The van der Waals surface area contributed by atoms with Crippen molar-refractivity contribution in [1.29, 1.82) is 0 Å². The Kier molecular flexibility index (Phi) is 4.23. The van der Waals surface area contributed by atoms with Crippen LogP contribution in [0.15, 0.2) is 41.5 Å². The van der Waals surface area contributed by atoms with E-state index in [4.69, 9.17) is 0 Å². The molecule has 2 aromatic rings. The molecule has 1 aromatic carbocycles. The summed E-state index contributed by atoms with van der Waals surface area (Å²) in [6, 6.07) is 7.61. The lowest BCUT2D eigenvalue weighted by molar-refractivity contribution is 0.0970. The van der Waals surface area contributed by atoms with Crippen LogP contribution in [0.25, 0.3) is 0 Å². The average molecular weight is 272 g/mol. The van der Waals surface area contributed by atoms with Crippen LogP contribution in [0.4, 0.5) is 0 Å². The van der Waals surface area contributed by atoms with Gasteiger partial charge in [0.2, 0.25) is 0 Å². The first kappa shape index (κ1) is 14.3. The summed E-state index contributed by atoms with van der Waals surface area (Å²) in [5.74, 6) is 0.400. The SMILES string of the molecule is CCn1ccn(CC(=O)c2ccc(C(C)C)cc2)c1=O. The number of carbonyl (C=O) groups is 1. The molecule has 0 saturated heterocycles. The van der Waals surface area contributed by atoms with Gasteiger partial charge in [-0.05, 0) is 18.4 Å². The summed E-state index contributed by atoms with van der Waals surface area (Å²) in [6.45, 7) is 6.84. The Balaban J connectivity index is 2.15. The molecule has 0 saturated carbocycles. The Bertz CT molecular complexity index is 648. The predicted octanol–water partition coefficient (Wildman–Crippen LogP) is 2.68. The van der Waals surface area contributed by atoms with Gasteiger partial charge in [-0.25, -0.2) is 4.79 Å². The third-order valence-electron chi connectivity index (χ3n) is 3.47. The van der Waals surface area contributed by atoms with E-state index in [0.717, 1.165) is 0 Å². The van der Waals surface area contributed by atoms with Crippen LogP contribution in [0.2, 0.25) is 0 Å². The van der Waals surface area contributed by atoms with E-state index in [1.54, 1.807) is 17.0 Å². The van der Waals surface area contributed by atoms with Crippen LogP contribution in [0.1, 0.15) is 42.6 Å². The molecule has 20 heavy (non-hydrogen) atoms. The van der Waals surface area contributed by atoms with Crippen molar-refractivity contribution >= 4 is 5.78 Å². The largest absolute Gasteiger partial charge is 0.328 e. The van der Waals surface area contributed by atoms with Gasteiger partial charge in [0.25, 0.3) is 0 Å². The molecule has 1 aromatic heterocycles. The highest BCUT2D eigenvalue weighted by Crippen LogP contribution is 2.15. The number of benzene rings is 1. The van der Waals surface area contributed by atoms with Crippen LogP contribution in [0.3, 0.4) is 0 Å². The quantitative estimate of drug-likeness (QED) is 0.785. The van der Waals surface area contributed by atoms with Crippen LogP contribution in [0, 0.1) is 0 Å². The van der Waals surface area contributed by atoms with Crippen LogP contribution in [-0.2, 0) is 13.1 Å². The molecule has 0 radical (unpaired) electrons. The maximum absolute atomic E-state index is 12.2. The van der Waals surface area contributed by atoms with Gasteiger partial charge in [0.1, 0.15) is 0 Å². The number of aromatic nitrogens is 2. The van der Waals surface area contributed by atoms with Crippen molar-refractivity contribution in [2.45, 2.75) is 39.8 Å². The third kappa shape index (κ3) is 2.90. The van der Waals surface area contributed by atoms with E-state index in [2.05, 4.69) is 13.8 Å². The molecule has 0 amide bonds. The van der Waals surface area contributed by atoms with Crippen molar-refractivity contribution in [3.63, 3.8) is 0 Å². The Morgan fingerprint density at radius 1 is 1.10 bits per heavy atom. The van der Waals surface area contributed by atoms with Gasteiger partial charge >= 0.3 is 5.69 Å². The molecule has 0 atom stereocenters. The fourth-order valence-electron chi connectivity index (χ4n) is 2.11. The second kappa shape index (κ2) is 5.90. The third-order valence-corrected chi connectivity index (χ3v) is 3.47. The monoisotopic (exact) mass is 272 g/mol. The number of aryl methyl sites for hydroxylation is 1. The summed E-state index contributed by atoms with van der Waals surface area (Å²) in [4.78, 5) is 24.1. The Labute approximate surface area is 118 Å². The highest BCUT2D eigenvalue weighted by molar-refractivity contribution is 5.95. The molecule has 0 aliphatic carbocycles. The zero-order valence-electron chi connectivity index (χ0n) is 12.2. The number of imidazole rings is 1. The van der Waals surface area contributed by atoms with Crippen molar-refractivity contribution in [2.75, 3.05) is 0 Å². The lowest BCUT2D eigenvalue weighted by Gasteiger charge is -2.06. The molecular weight excluding hydrogens is 252 g/mol. The molecule has 106 valence electrons. The zero-order valence-corrected chi connectivity index (χ0v) is 12.2. The predicted molar refractivity (Wildman–Crippen MR) is 79.2 cm³/mol. The zero-order chi connectivity index (χ0) is 14.7. The van der Waals surface area contributed by atoms with Gasteiger partial charge in [-0.2, -0.15) is 0 Å². The van der Waals surface area contributed by atoms with E-state index >= 15 is 0 Å². The number of Topliss-reactive ketones (excluding diaryl/α,β-unsaturated/α-hetero) is 1. The molecule has 0 unspecified atom stereocenters. The highest BCUT2D eigenvalue weighted by atomic mass is 16.2. The molecule has 0 N–H and O–H groups in total. The van der Waals surface area contributed by atoms with Crippen LogP contribution in [-0.4, -0.2) is 14.9 Å². The average Bonchev–Trinajstić information content (AvgIpc) is 2.79. The van der Waals surface area contributed by atoms with Crippen LogP contribution in [0.5, 0.6) is 0 Å². The van der Waals surface area contributed by atoms with Gasteiger partial charge in [0.05, 0.1) is 6.54 Å². The number of rotatable bonds is 5. The van der Waals surface area contributed by atoms with E-state index in [9.17, 15) is 9.59 Å². The minimum Gasteiger partial charge on any atom is -0.300 e. The summed E-state index contributed by atoms with van der Waals surface area (Å²) in [5, 5.41) is 0. The highest BCUT2D eigenvalue weighted by Gasteiger charge is 2.10. The van der Waals surface area contributed by atoms with E-state index in [-0.39, 0.29) is 18.0 Å². The summed E-state index contributed by atoms with van der Waals surface area (Å²) in [6.07, 6.45) is 3.36. The Morgan fingerprint density at radius 3 is 2.20 bits per heavy atom. The molecule has 1 heterocycles. The number of carbonyl (C=O) groups excluding carboxylic acids is 1. The van der Waals surface area contributed by atoms with Crippen molar-refractivity contribution in [3.05, 3.63) is 58.3 Å². The second-order valence-electron chi connectivity index (χ2n) is 5.19. The van der Waals surface area contributed by atoms with Crippen molar-refractivity contribution < 1.29 is 4.79 Å². The van der Waals surface area contributed by atoms with Crippen molar-refractivity contribution in [2.24, 2.45) is 0 Å². The molecular formula is C16H20N2O2. The van der Waals surface area contributed by atoms with E-state index in [1.165, 1.54) is 10.1 Å². The molecule has 0 aliphatic heterocycles. The second-order valence-corrected chi connectivity index (χ2v) is 5.19. The summed E-state index contributed by atoms with van der Waals surface area (Å²) in [5.41, 5.74) is 1.71. The van der Waals surface area contributed by atoms with E-state index in [0.29, 0.717) is 18.0 Å². The van der Waals surface area contributed by atoms with Gasteiger partial charge in [-0.3, -0.25) is 13.9 Å². The topological polar surface area (TPSA) is 44.0 Å². The molecule has 2 rings (SSSR count). The maximum atomic E-state index is 12.2. The van der Waals surface area contributed by atoms with Gasteiger partial charge in [0.15, 0.2) is 5.78 Å². The van der Waals surface area contributed by atoms with Crippen molar-refractivity contribution in [3.8, 4) is 0 Å². The molecule has 0 spiro atoms. The minimum absolute atomic E-state index is 0.0451. The first-order chi connectivity index (χ1) is 9.52. The lowest BCUT2D eigenvalue weighted by atomic mass is 10.0. The number of nitrogens with zero attached hydrogens (tertiary/aromatic N) is 2. The normalized spacial score (nSPS) is 11.0. The summed E-state index contributed by atoms with van der Waals surface area (Å²) < 4.78 is 3.03. The van der Waals surface area contributed by atoms with Gasteiger partial charge < -0.3 is 0 Å².